The summed E-state index contributed by atoms with van der Waals surface area (Å²) < 4.78 is 5.50. The Morgan fingerprint density at radius 1 is 1.41 bits per heavy atom. The summed E-state index contributed by atoms with van der Waals surface area (Å²) in [6.07, 6.45) is 3.72. The average Bonchev–Trinajstić information content (AvgIpc) is 2.99. The van der Waals surface area contributed by atoms with Gasteiger partial charge in [-0.05, 0) is 25.0 Å². The first-order valence-electron chi connectivity index (χ1n) is 5.69. The SMILES string of the molecule is NCC1(c2nc(-c3cccc(O)c3)co2)CC1. The number of hydrogen-bond acceptors (Lipinski definition) is 4. The molecule has 1 heterocycles. The standard InChI is InChI=1S/C13H14N2O2/c14-8-13(4-5-13)12-15-11(7-17-12)9-2-1-3-10(16)6-9/h1-3,6-7,16H,4-5,8,14H2. The summed E-state index contributed by atoms with van der Waals surface area (Å²) in [4.78, 5) is 4.47. The van der Waals surface area contributed by atoms with Crippen molar-refractivity contribution in [2.24, 2.45) is 5.73 Å². The van der Waals surface area contributed by atoms with Crippen molar-refractivity contribution >= 4 is 0 Å². The lowest BCUT2D eigenvalue weighted by atomic mass is 10.1. The normalized spacial score (nSPS) is 17.0. The van der Waals surface area contributed by atoms with Crippen LogP contribution in [-0.2, 0) is 5.41 Å². The van der Waals surface area contributed by atoms with Crippen LogP contribution in [0.15, 0.2) is 34.9 Å². The van der Waals surface area contributed by atoms with Crippen LogP contribution in [0.4, 0.5) is 0 Å². The fraction of sp³-hybridized carbons (Fsp3) is 0.308. The Labute approximate surface area is 99.1 Å². The van der Waals surface area contributed by atoms with Gasteiger partial charge < -0.3 is 15.3 Å². The Bertz CT molecular complexity index is 544. The Kier molecular flexibility index (Phi) is 2.19. The molecule has 3 N–H and O–H groups in total. The van der Waals surface area contributed by atoms with Gasteiger partial charge in [0.2, 0.25) is 5.89 Å². The van der Waals surface area contributed by atoms with Gasteiger partial charge >= 0.3 is 0 Å². The van der Waals surface area contributed by atoms with Gasteiger partial charge in [0.15, 0.2) is 0 Å². The third-order valence-electron chi connectivity index (χ3n) is 3.34. The molecule has 0 amide bonds. The van der Waals surface area contributed by atoms with Crippen LogP contribution in [0, 0.1) is 0 Å². The Hall–Kier alpha value is -1.81. The zero-order chi connectivity index (χ0) is 11.9. The molecule has 1 aromatic heterocycles. The van der Waals surface area contributed by atoms with E-state index in [0.717, 1.165) is 30.0 Å². The first kappa shape index (κ1) is 10.4. The molecule has 1 aliphatic rings. The predicted octanol–water partition coefficient (Wildman–Crippen LogP) is 2.04. The minimum Gasteiger partial charge on any atom is -0.508 e. The minimum absolute atomic E-state index is 0.0327. The molecule has 0 radical (unpaired) electrons. The molecule has 4 nitrogen and oxygen atoms in total. The lowest BCUT2D eigenvalue weighted by Crippen LogP contribution is -2.19. The van der Waals surface area contributed by atoms with Gasteiger partial charge in [0, 0.05) is 12.1 Å². The number of phenolic OH excluding ortho intramolecular Hbond substituents is 1. The number of phenols is 1. The summed E-state index contributed by atoms with van der Waals surface area (Å²) in [5.74, 6) is 0.949. The molecule has 0 unspecified atom stereocenters. The Morgan fingerprint density at radius 2 is 2.24 bits per heavy atom. The van der Waals surface area contributed by atoms with E-state index < -0.39 is 0 Å². The minimum atomic E-state index is -0.0327. The van der Waals surface area contributed by atoms with E-state index in [2.05, 4.69) is 4.98 Å². The van der Waals surface area contributed by atoms with Gasteiger partial charge in [0.1, 0.15) is 17.7 Å². The van der Waals surface area contributed by atoms with Crippen LogP contribution in [0.1, 0.15) is 18.7 Å². The summed E-state index contributed by atoms with van der Waals surface area (Å²) in [6, 6.07) is 6.98. The first-order chi connectivity index (χ1) is 8.23. The largest absolute Gasteiger partial charge is 0.508 e. The lowest BCUT2D eigenvalue weighted by molar-refractivity contribution is 0.437. The molecule has 0 aliphatic heterocycles. The third-order valence-corrected chi connectivity index (χ3v) is 3.34. The average molecular weight is 230 g/mol. The van der Waals surface area contributed by atoms with Crippen molar-refractivity contribution in [1.82, 2.24) is 4.98 Å². The molecule has 0 atom stereocenters. The smallest absolute Gasteiger partial charge is 0.202 e. The van der Waals surface area contributed by atoms with Crippen molar-refractivity contribution in [2.45, 2.75) is 18.3 Å². The van der Waals surface area contributed by atoms with Crippen LogP contribution >= 0.6 is 0 Å². The van der Waals surface area contributed by atoms with E-state index in [0.29, 0.717) is 6.54 Å². The number of hydrogen-bond donors (Lipinski definition) is 2. The van der Waals surface area contributed by atoms with E-state index in [9.17, 15) is 5.11 Å². The molecule has 1 aromatic carbocycles. The van der Waals surface area contributed by atoms with Crippen molar-refractivity contribution in [3.05, 3.63) is 36.4 Å². The second kappa shape index (κ2) is 3.60. The lowest BCUT2D eigenvalue weighted by Gasteiger charge is -2.05. The van der Waals surface area contributed by atoms with E-state index >= 15 is 0 Å². The highest BCUT2D eigenvalue weighted by atomic mass is 16.3. The Morgan fingerprint density at radius 3 is 2.88 bits per heavy atom. The molecule has 17 heavy (non-hydrogen) atoms. The van der Waals surface area contributed by atoms with Crippen LogP contribution in [0.25, 0.3) is 11.3 Å². The number of oxazole rings is 1. The zero-order valence-electron chi connectivity index (χ0n) is 9.39. The predicted molar refractivity (Wildman–Crippen MR) is 63.6 cm³/mol. The zero-order valence-corrected chi connectivity index (χ0v) is 9.39. The van der Waals surface area contributed by atoms with Crippen molar-refractivity contribution in [3.63, 3.8) is 0 Å². The third kappa shape index (κ3) is 1.70. The molecule has 0 bridgehead atoms. The topological polar surface area (TPSA) is 72.3 Å². The molecular weight excluding hydrogens is 216 g/mol. The number of rotatable bonds is 3. The number of nitrogens with zero attached hydrogens (tertiary/aromatic N) is 1. The van der Waals surface area contributed by atoms with Gasteiger partial charge in [-0.3, -0.25) is 0 Å². The maximum Gasteiger partial charge on any atom is 0.202 e. The van der Waals surface area contributed by atoms with Crippen LogP contribution in [0.3, 0.4) is 0 Å². The van der Waals surface area contributed by atoms with Gasteiger partial charge in [0.25, 0.3) is 0 Å². The highest BCUT2D eigenvalue weighted by molar-refractivity contribution is 5.60. The van der Waals surface area contributed by atoms with Gasteiger partial charge in [0.05, 0.1) is 5.41 Å². The molecule has 0 saturated heterocycles. The number of aromatic hydroxyl groups is 1. The van der Waals surface area contributed by atoms with Crippen molar-refractivity contribution in [1.29, 1.82) is 0 Å². The van der Waals surface area contributed by atoms with Crippen LogP contribution in [-0.4, -0.2) is 16.6 Å². The second-order valence-corrected chi connectivity index (χ2v) is 4.57. The molecule has 4 heteroatoms. The van der Waals surface area contributed by atoms with Crippen molar-refractivity contribution in [3.8, 4) is 17.0 Å². The molecule has 1 saturated carbocycles. The summed E-state index contributed by atoms with van der Waals surface area (Å²) in [5.41, 5.74) is 7.30. The van der Waals surface area contributed by atoms with Gasteiger partial charge in [-0.25, -0.2) is 4.98 Å². The summed E-state index contributed by atoms with van der Waals surface area (Å²) >= 11 is 0. The fourth-order valence-corrected chi connectivity index (χ4v) is 1.97. The summed E-state index contributed by atoms with van der Waals surface area (Å²) in [7, 11) is 0. The monoisotopic (exact) mass is 230 g/mol. The van der Waals surface area contributed by atoms with E-state index in [1.165, 1.54) is 0 Å². The second-order valence-electron chi connectivity index (χ2n) is 4.57. The number of benzene rings is 1. The highest BCUT2D eigenvalue weighted by Crippen LogP contribution is 2.47. The maximum atomic E-state index is 9.42. The molecule has 0 spiro atoms. The first-order valence-corrected chi connectivity index (χ1v) is 5.69. The van der Waals surface area contributed by atoms with E-state index in [4.69, 9.17) is 10.2 Å². The number of nitrogens with two attached hydrogens (primary N) is 1. The van der Waals surface area contributed by atoms with Crippen LogP contribution in [0.2, 0.25) is 0 Å². The molecular formula is C13H14N2O2. The fourth-order valence-electron chi connectivity index (χ4n) is 1.97. The summed E-state index contributed by atoms with van der Waals surface area (Å²) in [5, 5.41) is 9.42. The van der Waals surface area contributed by atoms with Gasteiger partial charge in [-0.2, -0.15) is 0 Å². The van der Waals surface area contributed by atoms with E-state index in [1.807, 2.05) is 6.07 Å². The van der Waals surface area contributed by atoms with Crippen LogP contribution < -0.4 is 5.73 Å². The van der Waals surface area contributed by atoms with Gasteiger partial charge in [-0.15, -0.1) is 0 Å². The van der Waals surface area contributed by atoms with Gasteiger partial charge in [-0.1, -0.05) is 12.1 Å². The highest BCUT2D eigenvalue weighted by Gasteiger charge is 2.47. The Balaban J connectivity index is 1.95. The quantitative estimate of drug-likeness (QED) is 0.846. The van der Waals surface area contributed by atoms with Crippen molar-refractivity contribution in [2.75, 3.05) is 6.54 Å². The number of aromatic nitrogens is 1. The van der Waals surface area contributed by atoms with Crippen LogP contribution in [0.5, 0.6) is 5.75 Å². The molecule has 3 rings (SSSR count). The van der Waals surface area contributed by atoms with E-state index in [1.54, 1.807) is 24.5 Å². The van der Waals surface area contributed by atoms with Crippen molar-refractivity contribution < 1.29 is 9.52 Å². The maximum absolute atomic E-state index is 9.42. The summed E-state index contributed by atoms with van der Waals surface area (Å²) in [6.45, 7) is 0.576. The molecule has 2 aromatic rings. The van der Waals surface area contributed by atoms with E-state index in [-0.39, 0.29) is 11.2 Å². The molecule has 88 valence electrons. The molecule has 1 fully saturated rings. The molecule has 1 aliphatic carbocycles.